The number of carboxylic acid groups (broad SMARTS) is 1. The predicted octanol–water partition coefficient (Wildman–Crippen LogP) is 3.18. The molecule has 1 atom stereocenters. The number of carbonyl (C=O) groups excluding carboxylic acids is 2. The molecule has 0 spiro atoms. The average Bonchev–Trinajstić information content (AvgIpc) is 3.77. The van der Waals surface area contributed by atoms with Gasteiger partial charge in [-0.3, -0.25) is 14.5 Å². The second-order valence-electron chi connectivity index (χ2n) is 11.8. The molecule has 6 rings (SSSR count). The zero-order valence-electron chi connectivity index (χ0n) is 24.4. The molecule has 2 amide bonds. The van der Waals surface area contributed by atoms with Gasteiger partial charge in [-0.2, -0.15) is 0 Å². The van der Waals surface area contributed by atoms with Crippen molar-refractivity contribution in [2.75, 3.05) is 42.6 Å². The van der Waals surface area contributed by atoms with Crippen molar-refractivity contribution in [3.63, 3.8) is 0 Å². The summed E-state index contributed by atoms with van der Waals surface area (Å²) in [6.45, 7) is 1.90. The smallest absolute Gasteiger partial charge is 0.414 e. The van der Waals surface area contributed by atoms with Crippen molar-refractivity contribution in [2.24, 2.45) is 0 Å². The van der Waals surface area contributed by atoms with Crippen LogP contribution in [0.3, 0.4) is 0 Å². The number of amides is 2. The SMILES string of the molecule is CC(=O)NC[C@H]1CN(c2ccc(OCC3(O)CCN(c4cc5c(cc4F)c(=O)c(C(=O)O)cn5C4CC4)CC3)c(F)c2)C(=O)O1. The number of hydrogen-bond donors (Lipinski definition) is 3. The van der Waals surface area contributed by atoms with E-state index in [2.05, 4.69) is 5.32 Å². The Hall–Kier alpha value is -4.72. The molecule has 1 aliphatic carbocycles. The van der Waals surface area contributed by atoms with Gasteiger partial charge in [0.05, 0.1) is 30.0 Å². The summed E-state index contributed by atoms with van der Waals surface area (Å²) < 4.78 is 42.9. The van der Waals surface area contributed by atoms with E-state index in [1.165, 1.54) is 30.2 Å². The standard InChI is InChI=1S/C31H32F2N4O8/c1-17(38)34-13-20-14-37(30(42)45-20)19-4-5-27(24(33)10-19)44-16-31(43)6-8-35(9-7-31)26-12-25-21(11-23(26)32)28(39)22(29(40)41)15-36(25)18-2-3-18/h4-5,10-12,15,18,20,43H,2-3,6-9,13-14,16H2,1H3,(H,34,38)(H,40,41)/t20-/m0/s1. The highest BCUT2D eigenvalue weighted by molar-refractivity contribution is 5.94. The van der Waals surface area contributed by atoms with Crippen molar-refractivity contribution in [3.05, 3.63) is 63.9 Å². The molecule has 0 unspecified atom stereocenters. The second-order valence-corrected chi connectivity index (χ2v) is 11.8. The Labute approximate surface area is 255 Å². The number of benzene rings is 2. The number of fused-ring (bicyclic) bond motifs is 1. The van der Waals surface area contributed by atoms with Crippen LogP contribution in [0.15, 0.2) is 41.3 Å². The Morgan fingerprint density at radius 2 is 1.84 bits per heavy atom. The third-order valence-corrected chi connectivity index (χ3v) is 8.48. The lowest BCUT2D eigenvalue weighted by molar-refractivity contribution is -0.119. The van der Waals surface area contributed by atoms with Gasteiger partial charge in [-0.05, 0) is 49.9 Å². The fourth-order valence-corrected chi connectivity index (χ4v) is 5.80. The molecule has 3 N–H and O–H groups in total. The molecular formula is C31H32F2N4O8. The number of anilines is 2. The molecule has 2 aromatic carbocycles. The Bertz CT molecular complexity index is 1750. The number of aromatic nitrogens is 1. The molecule has 2 aliphatic heterocycles. The van der Waals surface area contributed by atoms with E-state index >= 15 is 4.39 Å². The maximum atomic E-state index is 15.3. The van der Waals surface area contributed by atoms with E-state index in [1.807, 2.05) is 0 Å². The van der Waals surface area contributed by atoms with Gasteiger partial charge in [0.2, 0.25) is 11.3 Å². The summed E-state index contributed by atoms with van der Waals surface area (Å²) in [5, 5.41) is 23.2. The van der Waals surface area contributed by atoms with Crippen LogP contribution >= 0.6 is 0 Å². The van der Waals surface area contributed by atoms with E-state index in [0.717, 1.165) is 25.0 Å². The monoisotopic (exact) mass is 626 g/mol. The number of halogens is 2. The number of piperidine rings is 1. The highest BCUT2D eigenvalue weighted by Crippen LogP contribution is 2.39. The third-order valence-electron chi connectivity index (χ3n) is 8.48. The Kier molecular flexibility index (Phi) is 7.85. The first kappa shape index (κ1) is 30.3. The number of pyridine rings is 1. The van der Waals surface area contributed by atoms with Gasteiger partial charge in [0.25, 0.3) is 0 Å². The van der Waals surface area contributed by atoms with Gasteiger partial charge in [-0.1, -0.05) is 0 Å². The van der Waals surface area contributed by atoms with Gasteiger partial charge >= 0.3 is 12.1 Å². The second kappa shape index (κ2) is 11.7. The number of cyclic esters (lactones) is 1. The fourth-order valence-electron chi connectivity index (χ4n) is 5.80. The summed E-state index contributed by atoms with van der Waals surface area (Å²) in [6, 6.07) is 6.67. The number of aliphatic hydroxyl groups is 1. The summed E-state index contributed by atoms with van der Waals surface area (Å²) >= 11 is 0. The number of carbonyl (C=O) groups is 3. The van der Waals surface area contributed by atoms with Crippen LogP contribution in [0.1, 0.15) is 49.0 Å². The largest absolute Gasteiger partial charge is 0.488 e. The number of aromatic carboxylic acids is 1. The predicted molar refractivity (Wildman–Crippen MR) is 158 cm³/mol. The lowest BCUT2D eigenvalue weighted by atomic mass is 9.92. The molecule has 3 aliphatic rings. The van der Waals surface area contributed by atoms with E-state index < -0.39 is 46.4 Å². The van der Waals surface area contributed by atoms with Crippen molar-refractivity contribution in [1.82, 2.24) is 9.88 Å². The fraction of sp³-hybridized carbons (Fsp3) is 0.419. The summed E-state index contributed by atoms with van der Waals surface area (Å²) in [4.78, 5) is 50.8. The quantitative estimate of drug-likeness (QED) is 0.325. The van der Waals surface area contributed by atoms with Crippen LogP contribution in [0, 0.1) is 11.6 Å². The lowest BCUT2D eigenvalue weighted by Crippen LogP contribution is -2.48. The maximum absolute atomic E-state index is 15.3. The van der Waals surface area contributed by atoms with E-state index in [9.17, 15) is 33.8 Å². The molecule has 0 radical (unpaired) electrons. The van der Waals surface area contributed by atoms with Gasteiger partial charge in [0, 0.05) is 43.7 Å². The van der Waals surface area contributed by atoms with E-state index in [-0.39, 0.29) is 80.1 Å². The number of nitrogens with zero attached hydrogens (tertiary/aromatic N) is 3. The summed E-state index contributed by atoms with van der Waals surface area (Å²) in [7, 11) is 0. The van der Waals surface area contributed by atoms with Crippen LogP contribution in [0.25, 0.3) is 10.9 Å². The van der Waals surface area contributed by atoms with Crippen LogP contribution in [0.5, 0.6) is 5.75 Å². The maximum Gasteiger partial charge on any atom is 0.414 e. The zero-order valence-corrected chi connectivity index (χ0v) is 24.4. The van der Waals surface area contributed by atoms with Crippen molar-refractivity contribution in [1.29, 1.82) is 0 Å². The Morgan fingerprint density at radius 1 is 1.11 bits per heavy atom. The van der Waals surface area contributed by atoms with Crippen LogP contribution in [0.2, 0.25) is 0 Å². The van der Waals surface area contributed by atoms with Crippen molar-refractivity contribution in [3.8, 4) is 5.75 Å². The minimum atomic E-state index is -1.36. The lowest BCUT2D eigenvalue weighted by Gasteiger charge is -2.39. The molecule has 2 saturated heterocycles. The van der Waals surface area contributed by atoms with Gasteiger partial charge in [-0.25, -0.2) is 18.4 Å². The van der Waals surface area contributed by atoms with Gasteiger partial charge in [-0.15, -0.1) is 0 Å². The van der Waals surface area contributed by atoms with Gasteiger partial charge in [0.15, 0.2) is 11.6 Å². The highest BCUT2D eigenvalue weighted by atomic mass is 19.1. The summed E-state index contributed by atoms with van der Waals surface area (Å²) in [6.07, 6.45) is 2.12. The minimum Gasteiger partial charge on any atom is -0.488 e. The number of carboxylic acids is 1. The first-order valence-electron chi connectivity index (χ1n) is 14.7. The third kappa shape index (κ3) is 6.14. The topological polar surface area (TPSA) is 151 Å². The number of rotatable bonds is 9. The van der Waals surface area contributed by atoms with Crippen LogP contribution in [-0.2, 0) is 9.53 Å². The van der Waals surface area contributed by atoms with Crippen molar-refractivity contribution < 1.29 is 42.9 Å². The molecule has 1 saturated carbocycles. The molecule has 12 nitrogen and oxygen atoms in total. The molecule has 0 bridgehead atoms. The normalized spacial score (nSPS) is 19.5. The van der Waals surface area contributed by atoms with E-state index in [1.54, 1.807) is 15.5 Å². The average molecular weight is 627 g/mol. The van der Waals surface area contributed by atoms with Crippen LogP contribution in [0.4, 0.5) is 25.0 Å². The van der Waals surface area contributed by atoms with Crippen LogP contribution < -0.4 is 25.3 Å². The highest BCUT2D eigenvalue weighted by Gasteiger charge is 2.36. The number of hydrogen-bond acceptors (Lipinski definition) is 8. The molecule has 3 fully saturated rings. The molecular weight excluding hydrogens is 594 g/mol. The summed E-state index contributed by atoms with van der Waals surface area (Å²) in [5.74, 6) is -3.15. The first-order chi connectivity index (χ1) is 21.4. The molecule has 3 aromatic rings. The number of ether oxygens (including phenoxy) is 2. The van der Waals surface area contributed by atoms with Crippen molar-refractivity contribution >= 4 is 40.2 Å². The van der Waals surface area contributed by atoms with Gasteiger partial charge in [0.1, 0.15) is 29.7 Å². The first-order valence-corrected chi connectivity index (χ1v) is 14.7. The van der Waals surface area contributed by atoms with Gasteiger partial charge < -0.3 is 34.5 Å². The van der Waals surface area contributed by atoms with E-state index in [4.69, 9.17) is 9.47 Å². The van der Waals surface area contributed by atoms with Crippen LogP contribution in [-0.4, -0.2) is 77.2 Å². The molecule has 1 aromatic heterocycles. The van der Waals surface area contributed by atoms with Crippen molar-refractivity contribution in [2.45, 2.75) is 50.4 Å². The molecule has 3 heterocycles. The molecule has 238 valence electrons. The zero-order chi connectivity index (χ0) is 32.0. The number of nitrogens with one attached hydrogen (secondary N) is 1. The Morgan fingerprint density at radius 3 is 2.49 bits per heavy atom. The molecule has 14 heteroatoms. The summed E-state index contributed by atoms with van der Waals surface area (Å²) in [5.41, 5.74) is -1.51. The molecule has 45 heavy (non-hydrogen) atoms. The van der Waals surface area contributed by atoms with E-state index in [0.29, 0.717) is 5.52 Å². The minimum absolute atomic E-state index is 0.00411. The Balaban J connectivity index is 1.11.